The minimum Gasteiger partial charge on any atom is -0.463 e. The number of carbonyl (C=O) groups is 3. The Morgan fingerprint density at radius 3 is 2.50 bits per heavy atom. The SMILES string of the molecule is CCNc1nc2c(N[C@@H]3CCOC3)ncnc2n1[C@@H]1O[C@H](COC(C)=O)[C@@H](OC(C)=O)[C@H]1OC(C)=O. The summed E-state index contributed by atoms with van der Waals surface area (Å²) in [7, 11) is 0. The summed E-state index contributed by atoms with van der Waals surface area (Å²) in [5.74, 6) is -0.844. The molecule has 14 nitrogen and oxygen atoms in total. The number of nitrogens with zero attached hydrogens (tertiary/aromatic N) is 4. The number of hydrogen-bond acceptors (Lipinski definition) is 13. The number of imidazole rings is 1. The molecular weight excluding hydrogens is 476 g/mol. The fraction of sp³-hybridized carbons (Fsp3) is 0.636. The number of ether oxygens (including phenoxy) is 5. The first-order valence-corrected chi connectivity index (χ1v) is 11.7. The Kier molecular flexibility index (Phi) is 7.84. The summed E-state index contributed by atoms with van der Waals surface area (Å²) in [5.41, 5.74) is 0.872. The monoisotopic (exact) mass is 506 g/mol. The summed E-state index contributed by atoms with van der Waals surface area (Å²) < 4.78 is 29.5. The maximum atomic E-state index is 12.0. The maximum absolute atomic E-state index is 12.0. The molecule has 2 N–H and O–H groups in total. The van der Waals surface area contributed by atoms with Gasteiger partial charge >= 0.3 is 17.9 Å². The molecule has 2 fully saturated rings. The lowest BCUT2D eigenvalue weighted by Gasteiger charge is -2.24. The number of anilines is 2. The molecule has 2 aromatic rings. The molecule has 2 aromatic heterocycles. The summed E-state index contributed by atoms with van der Waals surface area (Å²) in [6, 6.07) is 0.0776. The first kappa shape index (κ1) is 25.6. The Morgan fingerprint density at radius 1 is 1.11 bits per heavy atom. The number of carbonyl (C=O) groups excluding carboxylic acids is 3. The van der Waals surface area contributed by atoms with Gasteiger partial charge in [0.15, 0.2) is 35.4 Å². The fourth-order valence-corrected chi connectivity index (χ4v) is 4.28. The molecular formula is C22H30N6O8. The van der Waals surface area contributed by atoms with Crippen molar-refractivity contribution >= 4 is 40.8 Å². The van der Waals surface area contributed by atoms with Crippen LogP contribution in [0, 0.1) is 0 Å². The third-order valence-corrected chi connectivity index (χ3v) is 5.68. The van der Waals surface area contributed by atoms with E-state index in [9.17, 15) is 14.4 Å². The van der Waals surface area contributed by atoms with Gasteiger partial charge in [-0.25, -0.2) is 15.0 Å². The Morgan fingerprint density at radius 2 is 1.86 bits per heavy atom. The highest BCUT2D eigenvalue weighted by Crippen LogP contribution is 2.39. The number of fused-ring (bicyclic) bond motifs is 1. The minimum absolute atomic E-state index is 0.0776. The molecule has 0 aromatic carbocycles. The van der Waals surface area contributed by atoms with Gasteiger partial charge in [-0.3, -0.25) is 19.0 Å². The normalized spacial score (nSPS) is 25.5. The summed E-state index contributed by atoms with van der Waals surface area (Å²) in [6.45, 7) is 7.14. The predicted molar refractivity (Wildman–Crippen MR) is 124 cm³/mol. The van der Waals surface area contributed by atoms with E-state index < -0.39 is 42.4 Å². The highest BCUT2D eigenvalue weighted by Gasteiger charge is 2.51. The summed E-state index contributed by atoms with van der Waals surface area (Å²) in [4.78, 5) is 48.9. The standard InChI is InChI=1S/C22H30N6O8/c1-5-23-22-27-16-19(26-14-6-7-32-8-14)24-10-25-20(16)28(22)21-18(35-13(4)31)17(34-12(3)30)15(36-21)9-33-11(2)29/h10,14-15,17-18,21H,5-9H2,1-4H3,(H,23,27)(H,24,25,26)/t14-,15-,17-,18-,21-/m1/s1. The van der Waals surface area contributed by atoms with Crippen LogP contribution in [0.15, 0.2) is 6.33 Å². The maximum Gasteiger partial charge on any atom is 0.303 e. The van der Waals surface area contributed by atoms with Crippen molar-refractivity contribution in [2.75, 3.05) is 37.0 Å². The number of nitrogens with one attached hydrogen (secondary N) is 2. The molecule has 0 aliphatic carbocycles. The first-order chi connectivity index (χ1) is 17.3. The van der Waals surface area contributed by atoms with Crippen LogP contribution in [0.3, 0.4) is 0 Å². The van der Waals surface area contributed by atoms with Gasteiger partial charge in [-0.15, -0.1) is 0 Å². The lowest BCUT2D eigenvalue weighted by atomic mass is 10.1. The second kappa shape index (κ2) is 11.0. The minimum atomic E-state index is -1.07. The van der Waals surface area contributed by atoms with Gasteiger partial charge in [0, 0.05) is 33.9 Å². The van der Waals surface area contributed by atoms with Crippen molar-refractivity contribution in [1.82, 2.24) is 19.5 Å². The quantitative estimate of drug-likeness (QED) is 0.362. The predicted octanol–water partition coefficient (Wildman–Crippen LogP) is 0.783. The molecule has 0 amide bonds. The number of rotatable bonds is 9. The smallest absolute Gasteiger partial charge is 0.303 e. The summed E-state index contributed by atoms with van der Waals surface area (Å²) >= 11 is 0. The molecule has 5 atom stereocenters. The van der Waals surface area contributed by atoms with E-state index in [1.54, 1.807) is 4.57 Å². The van der Waals surface area contributed by atoms with E-state index in [1.165, 1.54) is 27.1 Å². The molecule has 0 spiro atoms. The van der Waals surface area contributed by atoms with Crippen LogP contribution in [0.5, 0.6) is 0 Å². The molecule has 196 valence electrons. The van der Waals surface area contributed by atoms with Crippen LogP contribution in [0.4, 0.5) is 11.8 Å². The molecule has 0 bridgehead atoms. The highest BCUT2D eigenvalue weighted by atomic mass is 16.7. The van der Waals surface area contributed by atoms with E-state index in [-0.39, 0.29) is 12.6 Å². The third-order valence-electron chi connectivity index (χ3n) is 5.68. The van der Waals surface area contributed by atoms with Gasteiger partial charge in [0.2, 0.25) is 5.95 Å². The van der Waals surface area contributed by atoms with E-state index in [1.807, 2.05) is 6.92 Å². The summed E-state index contributed by atoms with van der Waals surface area (Å²) in [5, 5.41) is 6.52. The summed E-state index contributed by atoms with van der Waals surface area (Å²) in [6.07, 6.45) is -1.81. The number of esters is 3. The second-order valence-electron chi connectivity index (χ2n) is 8.45. The molecule has 14 heteroatoms. The Labute approximate surface area is 207 Å². The van der Waals surface area contributed by atoms with Gasteiger partial charge in [-0.2, -0.15) is 0 Å². The van der Waals surface area contributed by atoms with Crippen LogP contribution in [-0.2, 0) is 38.1 Å². The highest BCUT2D eigenvalue weighted by molar-refractivity contribution is 5.85. The van der Waals surface area contributed by atoms with Crippen molar-refractivity contribution in [3.63, 3.8) is 0 Å². The number of aromatic nitrogens is 4. The first-order valence-electron chi connectivity index (χ1n) is 11.7. The average molecular weight is 507 g/mol. The second-order valence-corrected chi connectivity index (χ2v) is 8.45. The van der Waals surface area contributed by atoms with Crippen LogP contribution in [0.25, 0.3) is 11.2 Å². The lowest BCUT2D eigenvalue weighted by molar-refractivity contribution is -0.166. The Bertz CT molecular complexity index is 1120. The van der Waals surface area contributed by atoms with Crippen LogP contribution >= 0.6 is 0 Å². The van der Waals surface area contributed by atoms with Crippen molar-refractivity contribution in [2.45, 2.75) is 64.7 Å². The molecule has 36 heavy (non-hydrogen) atoms. The molecule has 0 unspecified atom stereocenters. The van der Waals surface area contributed by atoms with E-state index >= 15 is 0 Å². The third kappa shape index (κ3) is 5.49. The topological polar surface area (TPSA) is 165 Å². The fourth-order valence-electron chi connectivity index (χ4n) is 4.28. The Hall–Kier alpha value is -3.52. The molecule has 4 heterocycles. The zero-order chi connectivity index (χ0) is 25.8. The molecule has 2 aliphatic rings. The molecule has 2 aliphatic heterocycles. The average Bonchev–Trinajstić information content (AvgIpc) is 3.52. The van der Waals surface area contributed by atoms with Crippen molar-refractivity contribution in [2.24, 2.45) is 0 Å². The van der Waals surface area contributed by atoms with Crippen LogP contribution in [-0.4, -0.2) is 88.1 Å². The van der Waals surface area contributed by atoms with Gasteiger partial charge in [0.25, 0.3) is 0 Å². The van der Waals surface area contributed by atoms with Crippen molar-refractivity contribution < 1.29 is 38.1 Å². The van der Waals surface area contributed by atoms with E-state index in [0.29, 0.717) is 42.7 Å². The van der Waals surface area contributed by atoms with Crippen LogP contribution < -0.4 is 10.6 Å². The van der Waals surface area contributed by atoms with Gasteiger partial charge < -0.3 is 34.3 Å². The van der Waals surface area contributed by atoms with Gasteiger partial charge in [-0.1, -0.05) is 0 Å². The van der Waals surface area contributed by atoms with Gasteiger partial charge in [0.05, 0.1) is 12.6 Å². The van der Waals surface area contributed by atoms with E-state index in [4.69, 9.17) is 28.7 Å². The largest absolute Gasteiger partial charge is 0.463 e. The van der Waals surface area contributed by atoms with Crippen LogP contribution in [0.2, 0.25) is 0 Å². The zero-order valence-corrected chi connectivity index (χ0v) is 20.6. The Balaban J connectivity index is 1.78. The van der Waals surface area contributed by atoms with Crippen molar-refractivity contribution in [3.05, 3.63) is 6.33 Å². The lowest BCUT2D eigenvalue weighted by Crippen LogP contribution is -2.40. The molecule has 2 saturated heterocycles. The molecule has 4 rings (SSSR count). The molecule has 0 radical (unpaired) electrons. The van der Waals surface area contributed by atoms with Gasteiger partial charge in [-0.05, 0) is 13.3 Å². The van der Waals surface area contributed by atoms with Crippen LogP contribution in [0.1, 0.15) is 40.3 Å². The van der Waals surface area contributed by atoms with Crippen molar-refractivity contribution in [3.8, 4) is 0 Å². The van der Waals surface area contributed by atoms with E-state index in [0.717, 1.165) is 6.42 Å². The molecule has 0 saturated carbocycles. The number of hydrogen-bond donors (Lipinski definition) is 2. The van der Waals surface area contributed by atoms with Gasteiger partial charge in [0.1, 0.15) is 19.0 Å². The van der Waals surface area contributed by atoms with Crippen molar-refractivity contribution in [1.29, 1.82) is 0 Å². The van der Waals surface area contributed by atoms with E-state index in [2.05, 4.69) is 20.6 Å². The zero-order valence-electron chi connectivity index (χ0n) is 20.6.